The van der Waals surface area contributed by atoms with Gasteiger partial charge in [0.2, 0.25) is 0 Å². The molecule has 0 spiro atoms. The van der Waals surface area contributed by atoms with Crippen molar-refractivity contribution in [1.29, 1.82) is 0 Å². The lowest BCUT2D eigenvalue weighted by molar-refractivity contribution is 0.626. The Morgan fingerprint density at radius 1 is 1.26 bits per heavy atom. The highest BCUT2D eigenvalue weighted by molar-refractivity contribution is 5.84. The first-order chi connectivity index (χ1) is 9.22. The smallest absolute Gasteiger partial charge is 0.176 e. The van der Waals surface area contributed by atoms with E-state index in [1.54, 1.807) is 4.68 Å². The molecule has 4 rings (SSSR count). The molecule has 94 valence electrons. The van der Waals surface area contributed by atoms with Crippen molar-refractivity contribution >= 4 is 22.1 Å². The monoisotopic (exact) mass is 252 g/mol. The van der Waals surface area contributed by atoms with E-state index in [0.717, 1.165) is 39.4 Å². The zero-order chi connectivity index (χ0) is 13.0. The lowest BCUT2D eigenvalue weighted by Gasteiger charge is -1.90. The zero-order valence-electron chi connectivity index (χ0n) is 10.6. The maximum atomic E-state index is 5.81. The molecule has 0 aliphatic heterocycles. The van der Waals surface area contributed by atoms with Crippen LogP contribution in [0.1, 0.15) is 5.69 Å². The van der Waals surface area contributed by atoms with Gasteiger partial charge in [-0.2, -0.15) is 5.10 Å². The summed E-state index contributed by atoms with van der Waals surface area (Å²) in [6, 6.07) is 9.93. The van der Waals surface area contributed by atoms with Gasteiger partial charge in [-0.05, 0) is 19.1 Å². The second-order valence-electron chi connectivity index (χ2n) is 4.64. The summed E-state index contributed by atoms with van der Waals surface area (Å²) >= 11 is 0. The molecule has 1 aromatic carbocycles. The quantitative estimate of drug-likeness (QED) is 0.566. The summed E-state index contributed by atoms with van der Waals surface area (Å²) in [5.74, 6) is 1.49. The molecule has 0 aliphatic carbocycles. The topological polar surface area (TPSA) is 59.6 Å². The Morgan fingerprint density at radius 3 is 2.89 bits per heavy atom. The molecule has 0 radical (unpaired) electrons. The molecule has 5 heteroatoms. The standard InChI is InChI=1S/C14H12N4O/c1-8-12-14(18(2)17-8)16-13(15-12)11-7-9-5-3-4-6-10(9)19-11/h3-7H,1-2H3,(H,15,16). The van der Waals surface area contributed by atoms with Gasteiger partial charge in [-0.25, -0.2) is 9.67 Å². The molecule has 0 saturated heterocycles. The van der Waals surface area contributed by atoms with E-state index in [9.17, 15) is 0 Å². The van der Waals surface area contributed by atoms with Gasteiger partial charge < -0.3 is 9.40 Å². The van der Waals surface area contributed by atoms with Gasteiger partial charge in [0.25, 0.3) is 0 Å². The van der Waals surface area contributed by atoms with E-state index in [1.807, 2.05) is 44.3 Å². The van der Waals surface area contributed by atoms with Crippen LogP contribution in [-0.4, -0.2) is 19.7 Å². The molecule has 0 aliphatic rings. The van der Waals surface area contributed by atoms with Crippen molar-refractivity contribution in [3.05, 3.63) is 36.0 Å². The summed E-state index contributed by atoms with van der Waals surface area (Å²) in [6.07, 6.45) is 0. The van der Waals surface area contributed by atoms with Crippen LogP contribution in [0.4, 0.5) is 0 Å². The number of rotatable bonds is 1. The summed E-state index contributed by atoms with van der Waals surface area (Å²) in [7, 11) is 1.89. The molecule has 1 N–H and O–H groups in total. The lowest BCUT2D eigenvalue weighted by atomic mass is 10.2. The van der Waals surface area contributed by atoms with Crippen molar-refractivity contribution in [2.45, 2.75) is 6.92 Å². The van der Waals surface area contributed by atoms with Gasteiger partial charge in [0.15, 0.2) is 17.2 Å². The predicted octanol–water partition coefficient (Wildman–Crippen LogP) is 3.02. The Balaban J connectivity index is 1.95. The number of imidazole rings is 1. The molecule has 3 heterocycles. The molecule has 0 atom stereocenters. The highest BCUT2D eigenvalue weighted by Crippen LogP contribution is 2.27. The van der Waals surface area contributed by atoms with Crippen molar-refractivity contribution in [3.63, 3.8) is 0 Å². The number of H-pyrrole nitrogens is 1. The van der Waals surface area contributed by atoms with E-state index in [2.05, 4.69) is 15.1 Å². The van der Waals surface area contributed by atoms with Crippen LogP contribution in [0.5, 0.6) is 0 Å². The molecule has 4 aromatic rings. The van der Waals surface area contributed by atoms with Crippen LogP contribution < -0.4 is 0 Å². The molecule has 5 nitrogen and oxygen atoms in total. The second-order valence-corrected chi connectivity index (χ2v) is 4.64. The molecule has 0 fully saturated rings. The number of aromatic amines is 1. The summed E-state index contributed by atoms with van der Waals surface area (Å²) in [6.45, 7) is 1.96. The van der Waals surface area contributed by atoms with Gasteiger partial charge in [0.05, 0.1) is 5.69 Å². The first-order valence-electron chi connectivity index (χ1n) is 6.10. The molecule has 0 unspecified atom stereocenters. The zero-order valence-corrected chi connectivity index (χ0v) is 10.6. The average Bonchev–Trinajstić information content (AvgIpc) is 3.06. The van der Waals surface area contributed by atoms with Gasteiger partial charge >= 0.3 is 0 Å². The number of aryl methyl sites for hydroxylation is 2. The van der Waals surface area contributed by atoms with E-state index in [0.29, 0.717) is 0 Å². The highest BCUT2D eigenvalue weighted by Gasteiger charge is 2.14. The number of nitrogens with zero attached hydrogens (tertiary/aromatic N) is 3. The third kappa shape index (κ3) is 1.41. The number of hydrogen-bond acceptors (Lipinski definition) is 3. The first-order valence-corrected chi connectivity index (χ1v) is 6.10. The maximum Gasteiger partial charge on any atom is 0.176 e. The molecule has 0 amide bonds. The van der Waals surface area contributed by atoms with Gasteiger partial charge in [-0.1, -0.05) is 18.2 Å². The molecule has 3 aromatic heterocycles. The average molecular weight is 252 g/mol. The maximum absolute atomic E-state index is 5.81. The fourth-order valence-electron chi connectivity index (χ4n) is 2.39. The van der Waals surface area contributed by atoms with Crippen molar-refractivity contribution < 1.29 is 4.42 Å². The Hall–Kier alpha value is -2.56. The van der Waals surface area contributed by atoms with E-state index < -0.39 is 0 Å². The van der Waals surface area contributed by atoms with Crippen molar-refractivity contribution in [2.24, 2.45) is 7.05 Å². The SMILES string of the molecule is Cc1nn(C)c2nc(-c3cc4ccccc4o3)[nH]c12. The fraction of sp³-hybridized carbons (Fsp3) is 0.143. The summed E-state index contributed by atoms with van der Waals surface area (Å²) in [5, 5.41) is 5.40. The number of furan rings is 1. The highest BCUT2D eigenvalue weighted by atomic mass is 16.3. The van der Waals surface area contributed by atoms with Crippen LogP contribution in [-0.2, 0) is 7.05 Å². The molecular formula is C14H12N4O. The minimum atomic E-state index is 0.738. The van der Waals surface area contributed by atoms with Gasteiger partial charge in [-0.15, -0.1) is 0 Å². The Labute approximate surface area is 108 Å². The Kier molecular flexibility index (Phi) is 1.90. The van der Waals surface area contributed by atoms with Gasteiger partial charge in [0, 0.05) is 12.4 Å². The van der Waals surface area contributed by atoms with Gasteiger partial charge in [0.1, 0.15) is 11.1 Å². The number of hydrogen-bond donors (Lipinski definition) is 1. The van der Waals surface area contributed by atoms with Crippen LogP contribution in [0.3, 0.4) is 0 Å². The molecule has 19 heavy (non-hydrogen) atoms. The lowest BCUT2D eigenvalue weighted by Crippen LogP contribution is -1.91. The first kappa shape index (κ1) is 10.4. The van der Waals surface area contributed by atoms with Crippen LogP contribution in [0, 0.1) is 6.92 Å². The number of benzene rings is 1. The van der Waals surface area contributed by atoms with E-state index >= 15 is 0 Å². The Bertz CT molecular complexity index is 829. The predicted molar refractivity (Wildman–Crippen MR) is 72.8 cm³/mol. The minimum Gasteiger partial charge on any atom is -0.453 e. The summed E-state index contributed by atoms with van der Waals surface area (Å²) in [5.41, 5.74) is 3.60. The van der Waals surface area contributed by atoms with E-state index in [-0.39, 0.29) is 0 Å². The minimum absolute atomic E-state index is 0.738. The third-order valence-electron chi connectivity index (χ3n) is 3.31. The van der Waals surface area contributed by atoms with Crippen LogP contribution in [0.2, 0.25) is 0 Å². The van der Waals surface area contributed by atoms with Crippen molar-refractivity contribution in [1.82, 2.24) is 19.7 Å². The third-order valence-corrected chi connectivity index (χ3v) is 3.31. The van der Waals surface area contributed by atoms with E-state index in [4.69, 9.17) is 4.42 Å². The number of fused-ring (bicyclic) bond motifs is 2. The number of nitrogens with one attached hydrogen (secondary N) is 1. The van der Waals surface area contributed by atoms with Gasteiger partial charge in [-0.3, -0.25) is 0 Å². The fourth-order valence-corrected chi connectivity index (χ4v) is 2.39. The van der Waals surface area contributed by atoms with E-state index in [1.165, 1.54) is 0 Å². The molecular weight excluding hydrogens is 240 g/mol. The number of para-hydroxylation sites is 1. The van der Waals surface area contributed by atoms with Crippen LogP contribution in [0.15, 0.2) is 34.7 Å². The second kappa shape index (κ2) is 3.47. The molecule has 0 bridgehead atoms. The summed E-state index contributed by atoms with van der Waals surface area (Å²) < 4.78 is 7.58. The normalized spacial score (nSPS) is 11.7. The van der Waals surface area contributed by atoms with Crippen LogP contribution >= 0.6 is 0 Å². The van der Waals surface area contributed by atoms with Crippen molar-refractivity contribution in [2.75, 3.05) is 0 Å². The number of aromatic nitrogens is 4. The largest absolute Gasteiger partial charge is 0.453 e. The van der Waals surface area contributed by atoms with Crippen molar-refractivity contribution in [3.8, 4) is 11.6 Å². The van der Waals surface area contributed by atoms with Crippen LogP contribution in [0.25, 0.3) is 33.7 Å². The Morgan fingerprint density at radius 2 is 2.11 bits per heavy atom. The molecule has 0 saturated carbocycles. The summed E-state index contributed by atoms with van der Waals surface area (Å²) in [4.78, 5) is 7.82.